The van der Waals surface area contributed by atoms with E-state index in [0.29, 0.717) is 0 Å². The highest BCUT2D eigenvalue weighted by Crippen LogP contribution is 2.49. The second-order valence-corrected chi connectivity index (χ2v) is 10.3. The van der Waals surface area contributed by atoms with Gasteiger partial charge in [0.05, 0.1) is 5.52 Å². The summed E-state index contributed by atoms with van der Waals surface area (Å²) in [7, 11) is 0. The summed E-state index contributed by atoms with van der Waals surface area (Å²) in [6.07, 6.45) is 4.38. The van der Waals surface area contributed by atoms with E-state index in [0.717, 1.165) is 12.8 Å². The van der Waals surface area contributed by atoms with E-state index >= 15 is 0 Å². The lowest BCUT2D eigenvalue weighted by atomic mass is 9.82. The molecule has 0 fully saturated rings. The lowest BCUT2D eigenvalue weighted by Crippen LogP contribution is -2.15. The van der Waals surface area contributed by atoms with Crippen molar-refractivity contribution in [3.8, 4) is 16.8 Å². The molecule has 0 amide bonds. The van der Waals surface area contributed by atoms with Crippen molar-refractivity contribution in [3.63, 3.8) is 0 Å². The van der Waals surface area contributed by atoms with Gasteiger partial charge in [0.2, 0.25) is 0 Å². The summed E-state index contributed by atoms with van der Waals surface area (Å²) < 4.78 is 2.44. The highest BCUT2D eigenvalue weighted by atomic mass is 15.0. The van der Waals surface area contributed by atoms with Crippen molar-refractivity contribution in [1.82, 2.24) is 4.57 Å². The van der Waals surface area contributed by atoms with Gasteiger partial charge in [-0.25, -0.2) is 0 Å². The second-order valence-electron chi connectivity index (χ2n) is 10.3. The highest BCUT2D eigenvalue weighted by Gasteiger charge is 2.35. The van der Waals surface area contributed by atoms with Crippen LogP contribution < -0.4 is 5.32 Å². The zero-order valence-electron chi connectivity index (χ0n) is 20.2. The fourth-order valence-electron chi connectivity index (χ4n) is 6.16. The number of aromatic nitrogens is 1. The monoisotopic (exact) mass is 452 g/mol. The lowest BCUT2D eigenvalue weighted by molar-refractivity contribution is 0.660. The number of fused-ring (bicyclic) bond motifs is 6. The third kappa shape index (κ3) is 3.03. The van der Waals surface area contributed by atoms with Crippen LogP contribution in [-0.4, -0.2) is 4.57 Å². The maximum atomic E-state index is 3.78. The Morgan fingerprint density at radius 1 is 0.714 bits per heavy atom. The van der Waals surface area contributed by atoms with Gasteiger partial charge in [0.1, 0.15) is 0 Å². The second kappa shape index (κ2) is 7.48. The molecule has 170 valence electrons. The first-order valence-corrected chi connectivity index (χ1v) is 12.5. The molecule has 0 unspecified atom stereocenters. The Bertz CT molecular complexity index is 1630. The average Bonchev–Trinajstić information content (AvgIpc) is 3.34. The number of allylic oxidation sites excluding steroid dienone is 1. The van der Waals surface area contributed by atoms with Crippen LogP contribution in [0.15, 0.2) is 103 Å². The predicted molar refractivity (Wildman–Crippen MR) is 147 cm³/mol. The molecule has 5 aromatic rings. The summed E-state index contributed by atoms with van der Waals surface area (Å²) in [4.78, 5) is 0. The van der Waals surface area contributed by atoms with Gasteiger partial charge in [-0.15, -0.1) is 0 Å². The topological polar surface area (TPSA) is 17.0 Å². The zero-order chi connectivity index (χ0) is 23.6. The van der Waals surface area contributed by atoms with E-state index in [1.54, 1.807) is 0 Å². The molecular formula is C33H28N2. The number of nitrogens with one attached hydrogen (secondary N) is 1. The molecule has 2 nitrogen and oxygen atoms in total. The Hall–Kier alpha value is -4.04. The van der Waals surface area contributed by atoms with Crippen LogP contribution in [0.1, 0.15) is 42.7 Å². The summed E-state index contributed by atoms with van der Waals surface area (Å²) in [5, 5.41) is 5.10. The van der Waals surface area contributed by atoms with Gasteiger partial charge in [-0.3, -0.25) is 0 Å². The molecule has 0 spiro atoms. The summed E-state index contributed by atoms with van der Waals surface area (Å²) in [5.41, 5.74) is 13.3. The van der Waals surface area contributed by atoms with Gasteiger partial charge < -0.3 is 9.88 Å². The minimum Gasteiger partial charge on any atom is -0.359 e. The Morgan fingerprint density at radius 3 is 2.34 bits per heavy atom. The first kappa shape index (κ1) is 20.3. The summed E-state index contributed by atoms with van der Waals surface area (Å²) in [6.45, 7) is 4.68. The van der Waals surface area contributed by atoms with Gasteiger partial charge in [0.25, 0.3) is 0 Å². The standard InChI is InChI=1S/C33H28N2/c1-33(2)29-14-8-6-12-25(29)26-18-16-23(21-30(26)33)34-22-17-19-32-28(20-22)27-13-7-9-15-31(27)35(32)24-10-4-3-5-11-24/h3-16,18,20-21,34H,17,19H2,1-2H3. The quantitative estimate of drug-likeness (QED) is 0.291. The molecule has 2 aliphatic rings. The number of para-hydroxylation sites is 2. The third-order valence-corrected chi connectivity index (χ3v) is 7.87. The van der Waals surface area contributed by atoms with Crippen molar-refractivity contribution in [2.45, 2.75) is 32.1 Å². The Morgan fingerprint density at radius 2 is 1.46 bits per heavy atom. The fourth-order valence-corrected chi connectivity index (χ4v) is 6.16. The van der Waals surface area contributed by atoms with E-state index in [1.165, 1.54) is 61.5 Å². The van der Waals surface area contributed by atoms with E-state index in [4.69, 9.17) is 0 Å². The number of hydrogen-bond donors (Lipinski definition) is 1. The molecular weight excluding hydrogens is 424 g/mol. The number of rotatable bonds is 3. The van der Waals surface area contributed by atoms with Crippen LogP contribution >= 0.6 is 0 Å². The van der Waals surface area contributed by atoms with Gasteiger partial charge in [-0.05, 0) is 71.5 Å². The van der Waals surface area contributed by atoms with Crippen molar-refractivity contribution in [2.24, 2.45) is 0 Å². The first-order valence-electron chi connectivity index (χ1n) is 12.5. The maximum Gasteiger partial charge on any atom is 0.0537 e. The first-order chi connectivity index (χ1) is 17.1. The summed E-state index contributed by atoms with van der Waals surface area (Å²) >= 11 is 0. The Kier molecular flexibility index (Phi) is 4.35. The molecule has 2 aliphatic carbocycles. The Labute approximate surface area is 206 Å². The number of anilines is 1. The minimum absolute atomic E-state index is 0.0147. The zero-order valence-corrected chi connectivity index (χ0v) is 20.2. The molecule has 1 N–H and O–H groups in total. The van der Waals surface area contributed by atoms with Gasteiger partial charge in [0.15, 0.2) is 0 Å². The number of benzene rings is 4. The number of nitrogens with zero attached hydrogens (tertiary/aromatic N) is 1. The van der Waals surface area contributed by atoms with E-state index in [9.17, 15) is 0 Å². The van der Waals surface area contributed by atoms with Crippen LogP contribution in [-0.2, 0) is 11.8 Å². The van der Waals surface area contributed by atoms with Crippen molar-refractivity contribution < 1.29 is 0 Å². The normalized spacial score (nSPS) is 15.3. The van der Waals surface area contributed by atoms with Gasteiger partial charge in [-0.2, -0.15) is 0 Å². The van der Waals surface area contributed by atoms with Crippen molar-refractivity contribution in [1.29, 1.82) is 0 Å². The Balaban J connectivity index is 1.29. The number of hydrogen-bond acceptors (Lipinski definition) is 1. The van der Waals surface area contributed by atoms with Crippen LogP contribution in [0.25, 0.3) is 33.8 Å². The SMILES string of the molecule is CC1(C)c2ccccc2-c2ccc(NC3=Cc4c(n(-c5ccccc5)c5ccccc45)CC3)cc21. The molecule has 0 aliphatic heterocycles. The molecule has 1 aromatic heterocycles. The van der Waals surface area contributed by atoms with Crippen LogP contribution in [0.3, 0.4) is 0 Å². The van der Waals surface area contributed by atoms with Crippen LogP contribution in [0.2, 0.25) is 0 Å². The van der Waals surface area contributed by atoms with Gasteiger partial charge >= 0.3 is 0 Å². The smallest absolute Gasteiger partial charge is 0.0537 e. The molecule has 35 heavy (non-hydrogen) atoms. The van der Waals surface area contributed by atoms with Gasteiger partial charge in [-0.1, -0.05) is 80.6 Å². The molecule has 0 radical (unpaired) electrons. The molecule has 4 aromatic carbocycles. The molecule has 7 rings (SSSR count). The lowest BCUT2D eigenvalue weighted by Gasteiger charge is -2.23. The fraction of sp³-hybridized carbons (Fsp3) is 0.152. The van der Waals surface area contributed by atoms with E-state index in [1.807, 2.05) is 0 Å². The van der Waals surface area contributed by atoms with Crippen molar-refractivity contribution in [2.75, 3.05) is 5.32 Å². The van der Waals surface area contributed by atoms with Gasteiger partial charge in [0, 0.05) is 39.1 Å². The average molecular weight is 453 g/mol. The highest BCUT2D eigenvalue weighted by molar-refractivity contribution is 5.94. The van der Waals surface area contributed by atoms with Crippen LogP contribution in [0.5, 0.6) is 0 Å². The molecule has 2 heteroatoms. The summed E-state index contributed by atoms with van der Waals surface area (Å²) in [5.74, 6) is 0. The van der Waals surface area contributed by atoms with Crippen molar-refractivity contribution in [3.05, 3.63) is 125 Å². The van der Waals surface area contributed by atoms with E-state index < -0.39 is 0 Å². The molecule has 0 bridgehead atoms. The molecule has 0 atom stereocenters. The molecule has 0 saturated carbocycles. The van der Waals surface area contributed by atoms with Crippen LogP contribution in [0.4, 0.5) is 5.69 Å². The van der Waals surface area contributed by atoms with E-state index in [-0.39, 0.29) is 5.41 Å². The van der Waals surface area contributed by atoms with Crippen LogP contribution in [0, 0.1) is 0 Å². The third-order valence-electron chi connectivity index (χ3n) is 7.87. The molecule has 1 heterocycles. The predicted octanol–water partition coefficient (Wildman–Crippen LogP) is 8.34. The molecule has 0 saturated heterocycles. The summed E-state index contributed by atoms with van der Waals surface area (Å²) in [6, 6.07) is 35.2. The van der Waals surface area contributed by atoms with E-state index in [2.05, 4.69) is 127 Å². The minimum atomic E-state index is 0.0147. The largest absolute Gasteiger partial charge is 0.359 e. The maximum absolute atomic E-state index is 3.78. The van der Waals surface area contributed by atoms with Crippen molar-refractivity contribution >= 4 is 22.7 Å².